The van der Waals surface area contributed by atoms with E-state index in [2.05, 4.69) is 46.9 Å². The van der Waals surface area contributed by atoms with Gasteiger partial charge in [0.15, 0.2) is 0 Å². The summed E-state index contributed by atoms with van der Waals surface area (Å²) in [6.07, 6.45) is -5.38. The summed E-state index contributed by atoms with van der Waals surface area (Å²) in [5.41, 5.74) is 1.60. The highest BCUT2D eigenvalue weighted by atomic mass is 16.7. The number of ether oxygens (including phenoxy) is 6. The van der Waals surface area contributed by atoms with Gasteiger partial charge in [-0.15, -0.1) is 0 Å². The summed E-state index contributed by atoms with van der Waals surface area (Å²) in [6, 6.07) is 10.3. The Morgan fingerprint density at radius 1 is 0.681 bits per heavy atom. The number of benzene rings is 2. The highest BCUT2D eigenvalue weighted by Gasteiger charge is 2.40. The van der Waals surface area contributed by atoms with E-state index in [9.17, 15) is 39.9 Å². The zero-order valence-corrected chi connectivity index (χ0v) is 42.7. The average Bonchev–Trinajstić information content (AvgIpc) is 3.23. The van der Waals surface area contributed by atoms with Gasteiger partial charge < -0.3 is 59.3 Å². The molecule has 0 radical (unpaired) electrons. The lowest BCUT2D eigenvalue weighted by Crippen LogP contribution is -2.54. The van der Waals surface area contributed by atoms with Crippen molar-refractivity contribution in [1.29, 1.82) is 0 Å². The summed E-state index contributed by atoms with van der Waals surface area (Å²) in [5.74, 6) is 0.485. The van der Waals surface area contributed by atoms with Crippen molar-refractivity contribution in [2.75, 3.05) is 18.5 Å². The van der Waals surface area contributed by atoms with E-state index in [4.69, 9.17) is 47.6 Å². The molecular weight excluding hydrogens is 903 g/mol. The molecule has 2 heterocycles. The fraction of sp³-hybridized carbons (Fsp3) is 0.660. The Balaban J connectivity index is 0.00000115. The van der Waals surface area contributed by atoms with Crippen molar-refractivity contribution < 1.29 is 87.5 Å². The summed E-state index contributed by atoms with van der Waals surface area (Å²) in [7, 11) is 0. The van der Waals surface area contributed by atoms with Gasteiger partial charge in [0.25, 0.3) is 0 Å². The van der Waals surface area contributed by atoms with Crippen molar-refractivity contribution >= 4 is 35.8 Å². The number of amides is 1. The van der Waals surface area contributed by atoms with Crippen LogP contribution in [0.15, 0.2) is 36.4 Å². The molecule has 69 heavy (non-hydrogen) atoms. The normalized spacial score (nSPS) is 22.0. The van der Waals surface area contributed by atoms with E-state index in [0.29, 0.717) is 29.8 Å². The van der Waals surface area contributed by atoms with Gasteiger partial charge in [-0.25, -0.2) is 0 Å². The van der Waals surface area contributed by atoms with Crippen LogP contribution in [0.5, 0.6) is 11.5 Å². The van der Waals surface area contributed by atoms with Gasteiger partial charge in [-0.1, -0.05) is 60.6 Å². The van der Waals surface area contributed by atoms with Crippen LogP contribution in [-0.4, -0.2) is 112 Å². The maximum absolute atomic E-state index is 12.6. The number of rotatable bonds is 12. The van der Waals surface area contributed by atoms with Gasteiger partial charge in [-0.2, -0.15) is 19.2 Å². The molecule has 19 nitrogen and oxygen atoms in total. The molecule has 0 spiro atoms. The SMILES string of the molecule is CC(C)(C)CCCC(=O)Nc1cc(COC(=O)C(C)(C)C)ccc1O[C@H]1OC[C@@H](O)[C@H](O)[C@H]1O.CC(C)C.Cc1cc(COC(=O)C(C)(C)C)ccc1O[C@H]1OC[C@@H](O)[C@H](C)[C@H]1O.O=C=O.O=C=O. The van der Waals surface area contributed by atoms with Crippen LogP contribution in [0.4, 0.5) is 5.69 Å². The van der Waals surface area contributed by atoms with E-state index in [1.54, 1.807) is 52.0 Å². The molecule has 6 N–H and O–H groups in total. The Labute approximate surface area is 406 Å². The molecule has 19 heteroatoms. The number of esters is 2. The fourth-order valence-electron chi connectivity index (χ4n) is 5.68. The van der Waals surface area contributed by atoms with Crippen LogP contribution in [0.1, 0.15) is 126 Å². The summed E-state index contributed by atoms with van der Waals surface area (Å²) >= 11 is 0. The third-order valence-electron chi connectivity index (χ3n) is 9.65. The molecule has 2 aliphatic rings. The summed E-state index contributed by atoms with van der Waals surface area (Å²) in [4.78, 5) is 69.1. The topological polar surface area (TPSA) is 288 Å². The number of hydrogen-bond donors (Lipinski definition) is 6. The summed E-state index contributed by atoms with van der Waals surface area (Å²) < 4.78 is 32.9. The van der Waals surface area contributed by atoms with Gasteiger partial charge in [-0.3, -0.25) is 14.4 Å². The van der Waals surface area contributed by atoms with E-state index < -0.39 is 53.9 Å². The van der Waals surface area contributed by atoms with E-state index in [0.717, 1.165) is 23.5 Å². The zero-order valence-electron chi connectivity index (χ0n) is 42.7. The van der Waals surface area contributed by atoms with Gasteiger partial charge in [-0.05, 0) is 114 Å². The van der Waals surface area contributed by atoms with Crippen LogP contribution in [-0.2, 0) is 65.7 Å². The predicted octanol–water partition coefficient (Wildman–Crippen LogP) is 5.42. The van der Waals surface area contributed by atoms with E-state index in [-0.39, 0.29) is 73.7 Å². The zero-order chi connectivity index (χ0) is 53.4. The maximum Gasteiger partial charge on any atom is 0.373 e. The van der Waals surface area contributed by atoms with Crippen LogP contribution in [0.2, 0.25) is 0 Å². The number of anilines is 1. The minimum atomic E-state index is -1.48. The van der Waals surface area contributed by atoms with Crippen molar-refractivity contribution in [3.8, 4) is 11.5 Å². The molecule has 1 amide bonds. The molecule has 0 aromatic heterocycles. The first-order chi connectivity index (χ1) is 31.8. The highest BCUT2D eigenvalue weighted by Crippen LogP contribution is 2.32. The molecule has 0 bridgehead atoms. The third-order valence-corrected chi connectivity index (χ3v) is 9.65. The minimum Gasteiger partial charge on any atom is -0.462 e. The molecular formula is C50H77NO18. The molecule has 0 saturated carbocycles. The molecule has 2 aromatic carbocycles. The van der Waals surface area contributed by atoms with Crippen LogP contribution in [0, 0.1) is 35.0 Å². The quantitative estimate of drug-likeness (QED) is 0.145. The van der Waals surface area contributed by atoms with Gasteiger partial charge in [0.05, 0.1) is 35.8 Å². The van der Waals surface area contributed by atoms with Crippen molar-refractivity contribution in [2.24, 2.45) is 28.1 Å². The second-order valence-electron chi connectivity index (χ2n) is 20.5. The van der Waals surface area contributed by atoms with E-state index in [1.807, 2.05) is 39.8 Å². The number of aryl methyl sites for hydroxylation is 1. The number of aliphatic hydroxyl groups is 5. The lowest BCUT2D eigenvalue weighted by Gasteiger charge is -2.36. The highest BCUT2D eigenvalue weighted by molar-refractivity contribution is 5.92. The van der Waals surface area contributed by atoms with Crippen molar-refractivity contribution in [3.05, 3.63) is 53.1 Å². The Morgan fingerprint density at radius 2 is 1.10 bits per heavy atom. The first-order valence-electron chi connectivity index (χ1n) is 22.7. The molecule has 2 fully saturated rings. The largest absolute Gasteiger partial charge is 0.462 e. The van der Waals surface area contributed by atoms with Gasteiger partial charge in [0, 0.05) is 12.3 Å². The number of carbonyl (C=O) groups is 3. The maximum atomic E-state index is 12.6. The number of nitrogens with one attached hydrogen (secondary N) is 1. The second-order valence-corrected chi connectivity index (χ2v) is 20.5. The van der Waals surface area contributed by atoms with Crippen LogP contribution in [0.25, 0.3) is 0 Å². The van der Waals surface area contributed by atoms with E-state index in [1.165, 1.54) is 0 Å². The molecule has 2 saturated heterocycles. The van der Waals surface area contributed by atoms with Gasteiger partial charge in [0.2, 0.25) is 18.5 Å². The number of carbonyl (C=O) groups excluding carboxylic acids is 7. The molecule has 0 aliphatic carbocycles. The average molecular weight is 980 g/mol. The molecule has 0 unspecified atom stereocenters. The second kappa shape index (κ2) is 30.5. The molecule has 2 aromatic rings. The standard InChI is InChI=1S/C25H39NO8.C19H28O6.C4H10.2CO2/c1-24(2,3)11-7-8-19(28)26-16-12-15(13-33-23(31)25(4,5)6)9-10-18(16)34-22-21(30)20(29)17(27)14-32-22;1-11-8-13(9-24-18(22)19(3,4)5)6-7-15(11)25-17-16(21)12(2)14(20)10-23-17;1-4(2)3;2*2-1-3/h9-10,12,17,20-22,27,29-30H,7-8,11,13-14H2,1-6H3,(H,26,28);6-8,12,14,16-17,20-21H,9-10H2,1-5H3;4H,1-3H3;;/t17-,20+,21-,22-;12-,14+,16+,17+;;;/m10.../s1. The van der Waals surface area contributed by atoms with E-state index >= 15 is 0 Å². The lowest BCUT2D eigenvalue weighted by atomic mass is 9.90. The summed E-state index contributed by atoms with van der Waals surface area (Å²) in [5, 5.41) is 52.5. The van der Waals surface area contributed by atoms with Gasteiger partial charge >= 0.3 is 24.2 Å². The predicted molar refractivity (Wildman–Crippen MR) is 249 cm³/mol. The Bertz CT molecular complexity index is 1920. The Kier molecular flexibility index (Phi) is 28.3. The molecule has 4 rings (SSSR count). The van der Waals surface area contributed by atoms with Gasteiger partial charge in [0.1, 0.15) is 49.1 Å². The minimum absolute atomic E-state index is 0.0107. The smallest absolute Gasteiger partial charge is 0.373 e. The van der Waals surface area contributed by atoms with Crippen LogP contribution < -0.4 is 14.8 Å². The molecule has 390 valence electrons. The first kappa shape index (κ1) is 63.9. The Hall–Kier alpha value is -5.07. The first-order valence-corrected chi connectivity index (χ1v) is 22.7. The van der Waals surface area contributed by atoms with Crippen LogP contribution in [0.3, 0.4) is 0 Å². The van der Waals surface area contributed by atoms with Crippen molar-refractivity contribution in [2.45, 2.75) is 173 Å². The summed E-state index contributed by atoms with van der Waals surface area (Å²) in [6.45, 7) is 27.3. The fourth-order valence-corrected chi connectivity index (χ4v) is 5.68. The molecule has 2 aliphatic heterocycles. The lowest BCUT2D eigenvalue weighted by molar-refractivity contribution is -0.241. The number of aliphatic hydroxyl groups excluding tert-OH is 5. The third kappa shape index (κ3) is 25.4. The molecule has 8 atom stereocenters. The van der Waals surface area contributed by atoms with Crippen molar-refractivity contribution in [3.63, 3.8) is 0 Å². The Morgan fingerprint density at radius 3 is 1.55 bits per heavy atom. The van der Waals surface area contributed by atoms with Crippen LogP contribution >= 0.6 is 0 Å². The monoisotopic (exact) mass is 980 g/mol. The van der Waals surface area contributed by atoms with Crippen molar-refractivity contribution in [1.82, 2.24) is 0 Å². The number of hydrogen-bond acceptors (Lipinski definition) is 18.